The van der Waals surface area contributed by atoms with Crippen LogP contribution in [0.3, 0.4) is 0 Å². The molecule has 2 atom stereocenters. The fraction of sp³-hybridized carbons (Fsp3) is 0.440. The van der Waals surface area contributed by atoms with E-state index in [4.69, 9.17) is 4.74 Å². The highest BCUT2D eigenvalue weighted by molar-refractivity contribution is 5.86. The topological polar surface area (TPSA) is 61.9 Å². The van der Waals surface area contributed by atoms with Gasteiger partial charge in [0.25, 0.3) is 5.91 Å². The number of carbonyl (C=O) groups excluding carboxylic acids is 2. The Balaban J connectivity index is 1.42. The van der Waals surface area contributed by atoms with Crippen LogP contribution in [0.4, 0.5) is 14.5 Å². The van der Waals surface area contributed by atoms with Gasteiger partial charge in [0, 0.05) is 24.7 Å². The highest BCUT2D eigenvalue weighted by Gasteiger charge is 2.34. The molecule has 2 aromatic rings. The number of carbonyl (C=O) groups is 2. The Morgan fingerprint density at radius 3 is 2.48 bits per heavy atom. The van der Waals surface area contributed by atoms with Crippen LogP contribution in [0.25, 0.3) is 0 Å². The molecule has 8 heteroatoms. The molecule has 2 aromatic carbocycles. The minimum Gasteiger partial charge on any atom is -0.477 e. The van der Waals surface area contributed by atoms with E-state index in [0.29, 0.717) is 5.75 Å². The molecule has 6 nitrogen and oxygen atoms in total. The summed E-state index contributed by atoms with van der Waals surface area (Å²) in [6, 6.07) is 10.6. The quantitative estimate of drug-likeness (QED) is 0.723. The lowest BCUT2D eigenvalue weighted by atomic mass is 10.1. The first-order valence-electron chi connectivity index (χ1n) is 11.4. The molecule has 1 N–H and O–H groups in total. The zero-order chi connectivity index (χ0) is 23.4. The maximum absolute atomic E-state index is 13.9. The fourth-order valence-electron chi connectivity index (χ4n) is 4.48. The predicted molar refractivity (Wildman–Crippen MR) is 121 cm³/mol. The van der Waals surface area contributed by atoms with E-state index in [-0.39, 0.29) is 36.9 Å². The summed E-state index contributed by atoms with van der Waals surface area (Å²) in [5.74, 6) is -1.04. The van der Waals surface area contributed by atoms with E-state index in [0.717, 1.165) is 38.0 Å². The summed E-state index contributed by atoms with van der Waals surface area (Å²) in [6.07, 6.45) is 2.46. The number of ether oxygens (including phenoxy) is 1. The van der Waals surface area contributed by atoms with Crippen molar-refractivity contribution in [3.63, 3.8) is 0 Å². The zero-order valence-corrected chi connectivity index (χ0v) is 18.7. The summed E-state index contributed by atoms with van der Waals surface area (Å²) in [5.41, 5.74) is 0.692. The number of likely N-dealkylation sites (tertiary alicyclic amines) is 1. The molecular weight excluding hydrogens is 428 g/mol. The van der Waals surface area contributed by atoms with E-state index in [1.54, 1.807) is 13.0 Å². The number of nitrogens with zero attached hydrogens (tertiary/aromatic N) is 2. The van der Waals surface area contributed by atoms with Crippen LogP contribution in [0.1, 0.15) is 31.7 Å². The zero-order valence-electron chi connectivity index (χ0n) is 18.7. The monoisotopic (exact) mass is 457 g/mol. The van der Waals surface area contributed by atoms with Gasteiger partial charge in [-0.05, 0) is 56.9 Å². The van der Waals surface area contributed by atoms with Crippen LogP contribution in [-0.2, 0) is 16.0 Å². The third-order valence-corrected chi connectivity index (χ3v) is 6.12. The van der Waals surface area contributed by atoms with Crippen LogP contribution >= 0.6 is 0 Å². The third-order valence-electron chi connectivity index (χ3n) is 6.12. The average Bonchev–Trinajstić information content (AvgIpc) is 2.81. The molecule has 1 fully saturated rings. The van der Waals surface area contributed by atoms with Gasteiger partial charge < -0.3 is 19.9 Å². The molecule has 0 saturated carbocycles. The summed E-state index contributed by atoms with van der Waals surface area (Å²) in [4.78, 5) is 29.5. The maximum atomic E-state index is 13.9. The fourth-order valence-corrected chi connectivity index (χ4v) is 4.48. The molecule has 0 spiro atoms. The van der Waals surface area contributed by atoms with Gasteiger partial charge in [0.1, 0.15) is 17.4 Å². The number of para-hydroxylation sites is 2. The van der Waals surface area contributed by atoms with Crippen LogP contribution in [0.2, 0.25) is 0 Å². The van der Waals surface area contributed by atoms with E-state index in [1.807, 2.05) is 28.0 Å². The lowest BCUT2D eigenvalue weighted by Crippen LogP contribution is -2.53. The second-order valence-corrected chi connectivity index (χ2v) is 8.71. The highest BCUT2D eigenvalue weighted by Crippen LogP contribution is 2.33. The van der Waals surface area contributed by atoms with Gasteiger partial charge in [-0.1, -0.05) is 18.2 Å². The average molecular weight is 458 g/mol. The molecule has 176 valence electrons. The molecule has 0 aromatic heterocycles. The van der Waals surface area contributed by atoms with E-state index in [2.05, 4.69) is 5.32 Å². The van der Waals surface area contributed by atoms with Crippen LogP contribution in [0, 0.1) is 11.6 Å². The van der Waals surface area contributed by atoms with Gasteiger partial charge in [0.05, 0.1) is 18.8 Å². The number of hydrogen-bond acceptors (Lipinski definition) is 4. The van der Waals surface area contributed by atoms with E-state index >= 15 is 0 Å². The van der Waals surface area contributed by atoms with Gasteiger partial charge in [0.15, 0.2) is 6.10 Å². The highest BCUT2D eigenvalue weighted by atomic mass is 19.1. The number of rotatable bonds is 6. The summed E-state index contributed by atoms with van der Waals surface area (Å²) in [6.45, 7) is 3.43. The lowest BCUT2D eigenvalue weighted by Gasteiger charge is -2.38. The minimum absolute atomic E-state index is 0.00818. The van der Waals surface area contributed by atoms with Crippen molar-refractivity contribution in [3.8, 4) is 5.75 Å². The maximum Gasteiger partial charge on any atom is 0.265 e. The molecule has 4 rings (SSSR count). The molecule has 0 bridgehead atoms. The Kier molecular flexibility index (Phi) is 7.11. The Hall–Kier alpha value is -3.16. The van der Waals surface area contributed by atoms with Gasteiger partial charge in [-0.3, -0.25) is 9.59 Å². The van der Waals surface area contributed by atoms with Crippen LogP contribution in [0.5, 0.6) is 5.75 Å². The smallest absolute Gasteiger partial charge is 0.265 e. The number of amides is 2. The van der Waals surface area contributed by atoms with Crippen LogP contribution in [-0.4, -0.2) is 55.0 Å². The minimum atomic E-state index is -0.685. The van der Waals surface area contributed by atoms with Crippen molar-refractivity contribution in [2.24, 2.45) is 0 Å². The van der Waals surface area contributed by atoms with Crippen molar-refractivity contribution >= 4 is 17.5 Å². The number of hydrogen-bond donors (Lipinski definition) is 1. The summed E-state index contributed by atoms with van der Waals surface area (Å²) >= 11 is 0. The van der Waals surface area contributed by atoms with Crippen molar-refractivity contribution in [2.75, 3.05) is 31.1 Å². The Labute approximate surface area is 192 Å². The number of fused-ring (bicyclic) bond motifs is 1. The van der Waals surface area contributed by atoms with E-state index in [1.165, 1.54) is 18.2 Å². The van der Waals surface area contributed by atoms with E-state index in [9.17, 15) is 18.4 Å². The molecule has 33 heavy (non-hydrogen) atoms. The van der Waals surface area contributed by atoms with Gasteiger partial charge in [-0.25, -0.2) is 8.78 Å². The second-order valence-electron chi connectivity index (χ2n) is 8.71. The van der Waals surface area contributed by atoms with E-state index < -0.39 is 23.8 Å². The third kappa shape index (κ3) is 5.43. The standard InChI is InChI=1S/C25H29F2N3O3/c1-17(14-18-19(26)8-7-9-20(18)27)28-24(31)16-30-15-23(25(32)29-12-5-2-6-13-29)33-22-11-4-3-10-21(22)30/h3-4,7-11,17,23H,2,5-6,12-16H2,1H3,(H,28,31). The Morgan fingerprint density at radius 2 is 1.76 bits per heavy atom. The molecule has 2 aliphatic heterocycles. The molecule has 0 radical (unpaired) electrons. The molecule has 1 saturated heterocycles. The van der Waals surface area contributed by atoms with Crippen molar-refractivity contribution in [1.82, 2.24) is 10.2 Å². The van der Waals surface area contributed by atoms with Gasteiger partial charge in [-0.15, -0.1) is 0 Å². The summed E-state index contributed by atoms with van der Waals surface area (Å²) < 4.78 is 33.9. The van der Waals surface area contributed by atoms with Crippen LogP contribution in [0.15, 0.2) is 42.5 Å². The van der Waals surface area contributed by atoms with Crippen LogP contribution < -0.4 is 15.0 Å². The Bertz CT molecular complexity index is 990. The number of anilines is 1. The molecular formula is C25H29F2N3O3. The van der Waals surface area contributed by atoms with Crippen molar-refractivity contribution in [2.45, 2.75) is 44.8 Å². The number of benzene rings is 2. The Morgan fingerprint density at radius 1 is 1.06 bits per heavy atom. The number of piperidine rings is 1. The molecule has 2 unspecified atom stereocenters. The summed E-state index contributed by atoms with van der Waals surface area (Å²) in [5, 5.41) is 2.82. The van der Waals surface area contributed by atoms with Crippen molar-refractivity contribution in [3.05, 3.63) is 59.7 Å². The SMILES string of the molecule is CC(Cc1c(F)cccc1F)NC(=O)CN1CC(C(=O)N2CCCCC2)Oc2ccccc21. The number of nitrogens with one attached hydrogen (secondary N) is 1. The first kappa shape index (κ1) is 23.0. The molecule has 2 aliphatic rings. The lowest BCUT2D eigenvalue weighted by molar-refractivity contribution is -0.139. The summed E-state index contributed by atoms with van der Waals surface area (Å²) in [7, 11) is 0. The normalized spacial score (nSPS) is 18.8. The van der Waals surface area contributed by atoms with Crippen molar-refractivity contribution < 1.29 is 23.1 Å². The molecule has 2 heterocycles. The first-order valence-corrected chi connectivity index (χ1v) is 11.4. The molecule has 2 amide bonds. The van der Waals surface area contributed by atoms with Gasteiger partial charge in [0.2, 0.25) is 5.91 Å². The van der Waals surface area contributed by atoms with Gasteiger partial charge >= 0.3 is 0 Å². The molecule has 0 aliphatic carbocycles. The first-order chi connectivity index (χ1) is 15.9. The number of halogens is 2. The van der Waals surface area contributed by atoms with Gasteiger partial charge in [-0.2, -0.15) is 0 Å². The van der Waals surface area contributed by atoms with Crippen molar-refractivity contribution in [1.29, 1.82) is 0 Å². The largest absolute Gasteiger partial charge is 0.477 e. The predicted octanol–water partition coefficient (Wildman–Crippen LogP) is 3.29. The second kappa shape index (κ2) is 10.2.